The van der Waals surface area contributed by atoms with Gasteiger partial charge in [-0.1, -0.05) is 97.1 Å². The van der Waals surface area contributed by atoms with Crippen LogP contribution >= 0.6 is 0 Å². The largest absolute Gasteiger partial charge is 0.497 e. The lowest BCUT2D eigenvalue weighted by atomic mass is 9.80. The first-order valence-electron chi connectivity index (χ1n) is 11.7. The van der Waals surface area contributed by atoms with Gasteiger partial charge in [0.2, 0.25) is 0 Å². The molecular formula is C32H23NO. The van der Waals surface area contributed by atoms with E-state index >= 15 is 0 Å². The molecule has 0 atom stereocenters. The highest BCUT2D eigenvalue weighted by atomic mass is 16.5. The Labute approximate surface area is 198 Å². The van der Waals surface area contributed by atoms with Crippen molar-refractivity contribution in [3.63, 3.8) is 0 Å². The highest BCUT2D eigenvalue weighted by Crippen LogP contribution is 2.55. The molecule has 1 aromatic heterocycles. The zero-order chi connectivity index (χ0) is 22.7. The Morgan fingerprint density at radius 3 is 1.53 bits per heavy atom. The minimum atomic E-state index is -0.512. The van der Waals surface area contributed by atoms with Gasteiger partial charge in [0.05, 0.1) is 18.1 Å². The molecule has 7 rings (SSSR count). The van der Waals surface area contributed by atoms with Gasteiger partial charge in [-0.25, -0.2) is 0 Å². The molecular weight excluding hydrogens is 414 g/mol. The van der Waals surface area contributed by atoms with Gasteiger partial charge in [-0.3, -0.25) is 0 Å². The van der Waals surface area contributed by atoms with Crippen LogP contribution in [0.5, 0.6) is 5.75 Å². The smallest absolute Gasteiger partial charge is 0.122 e. The topological polar surface area (TPSA) is 14.2 Å². The minimum absolute atomic E-state index is 0.512. The third kappa shape index (κ3) is 2.35. The number of fused-ring (bicyclic) bond motifs is 6. The van der Waals surface area contributed by atoms with Gasteiger partial charge in [-0.2, -0.15) is 0 Å². The monoisotopic (exact) mass is 437 g/mol. The molecule has 0 aliphatic heterocycles. The summed E-state index contributed by atoms with van der Waals surface area (Å²) in [5, 5.41) is 2.54. The fourth-order valence-corrected chi connectivity index (χ4v) is 6.01. The van der Waals surface area contributed by atoms with Gasteiger partial charge in [0.1, 0.15) is 11.3 Å². The second-order valence-electron chi connectivity index (χ2n) is 8.90. The third-order valence-corrected chi connectivity index (χ3v) is 7.35. The lowest BCUT2D eigenvalue weighted by molar-refractivity contribution is 0.414. The van der Waals surface area contributed by atoms with Crippen LogP contribution in [-0.2, 0) is 5.54 Å². The van der Waals surface area contributed by atoms with Gasteiger partial charge in [0.15, 0.2) is 0 Å². The number of hydrogen-bond acceptors (Lipinski definition) is 1. The van der Waals surface area contributed by atoms with Crippen LogP contribution in [0.1, 0.15) is 16.7 Å². The van der Waals surface area contributed by atoms with Gasteiger partial charge in [0.25, 0.3) is 0 Å². The second kappa shape index (κ2) is 7.10. The fraction of sp³-hybridized carbons (Fsp3) is 0.0625. The molecule has 0 spiro atoms. The summed E-state index contributed by atoms with van der Waals surface area (Å²) in [7, 11) is 1.72. The Hall–Kier alpha value is -4.30. The maximum absolute atomic E-state index is 5.53. The maximum Gasteiger partial charge on any atom is 0.122 e. The van der Waals surface area contributed by atoms with Crippen molar-refractivity contribution < 1.29 is 4.74 Å². The second-order valence-corrected chi connectivity index (χ2v) is 8.90. The van der Waals surface area contributed by atoms with E-state index in [2.05, 4.69) is 126 Å². The molecule has 1 heterocycles. The molecule has 5 aromatic carbocycles. The lowest BCUT2D eigenvalue weighted by Crippen LogP contribution is -2.35. The number of hydrogen-bond donors (Lipinski definition) is 0. The predicted molar refractivity (Wildman–Crippen MR) is 140 cm³/mol. The lowest BCUT2D eigenvalue weighted by Gasteiger charge is -2.36. The van der Waals surface area contributed by atoms with E-state index < -0.39 is 5.54 Å². The van der Waals surface area contributed by atoms with Crippen LogP contribution in [-0.4, -0.2) is 11.7 Å². The zero-order valence-corrected chi connectivity index (χ0v) is 18.9. The molecule has 2 nitrogen and oxygen atoms in total. The van der Waals surface area contributed by atoms with Gasteiger partial charge in [0, 0.05) is 10.8 Å². The minimum Gasteiger partial charge on any atom is -0.497 e. The Kier molecular flexibility index (Phi) is 4.01. The summed E-state index contributed by atoms with van der Waals surface area (Å²) in [5.41, 5.74) is 8.34. The molecule has 0 amide bonds. The highest BCUT2D eigenvalue weighted by molar-refractivity contribution is 6.09. The van der Waals surface area contributed by atoms with Gasteiger partial charge in [-0.15, -0.1) is 0 Å². The molecule has 1 aliphatic carbocycles. The Morgan fingerprint density at radius 2 is 1.00 bits per heavy atom. The molecule has 0 saturated carbocycles. The summed E-state index contributed by atoms with van der Waals surface area (Å²) in [6.45, 7) is 0. The molecule has 162 valence electrons. The molecule has 34 heavy (non-hydrogen) atoms. The SMILES string of the molecule is COc1ccc(C2(n3c4ccccc4c4ccccc43)c3ccccc3-c3ccccc32)cc1. The molecule has 0 fully saturated rings. The molecule has 0 unspecified atom stereocenters. The summed E-state index contributed by atoms with van der Waals surface area (Å²) in [4.78, 5) is 0. The average Bonchev–Trinajstić information content (AvgIpc) is 3.40. The van der Waals surface area contributed by atoms with E-state index in [0.717, 1.165) is 5.75 Å². The normalized spacial score (nSPS) is 13.7. The first kappa shape index (κ1) is 19.2. The Bertz CT molecular complexity index is 1590. The molecule has 0 saturated heterocycles. The summed E-state index contributed by atoms with van der Waals surface area (Å²) in [5.74, 6) is 0.862. The van der Waals surface area contributed by atoms with E-state index in [4.69, 9.17) is 4.74 Å². The van der Waals surface area contributed by atoms with Crippen LogP contribution in [0.3, 0.4) is 0 Å². The van der Waals surface area contributed by atoms with Crippen LogP contribution in [0, 0.1) is 0 Å². The van der Waals surface area contributed by atoms with E-state index in [1.54, 1.807) is 7.11 Å². The van der Waals surface area contributed by atoms with Gasteiger partial charge in [-0.05, 0) is 52.1 Å². The summed E-state index contributed by atoms with van der Waals surface area (Å²) in [6.07, 6.45) is 0. The van der Waals surface area contributed by atoms with E-state index in [-0.39, 0.29) is 0 Å². The van der Waals surface area contributed by atoms with Crippen molar-refractivity contribution in [2.45, 2.75) is 5.54 Å². The number of benzene rings is 5. The molecule has 1 aliphatic rings. The first-order chi connectivity index (χ1) is 16.8. The Balaban J connectivity index is 1.74. The number of para-hydroxylation sites is 2. The number of methoxy groups -OCH3 is 1. The number of rotatable bonds is 3. The van der Waals surface area contributed by atoms with Crippen LogP contribution in [0.4, 0.5) is 0 Å². The summed E-state index contributed by atoms with van der Waals surface area (Å²) < 4.78 is 8.09. The van der Waals surface area contributed by atoms with Crippen molar-refractivity contribution in [1.29, 1.82) is 0 Å². The highest BCUT2D eigenvalue weighted by Gasteiger charge is 2.47. The molecule has 0 bridgehead atoms. The number of nitrogens with zero attached hydrogens (tertiary/aromatic N) is 1. The van der Waals surface area contributed by atoms with Crippen molar-refractivity contribution in [3.8, 4) is 16.9 Å². The van der Waals surface area contributed by atoms with Crippen molar-refractivity contribution in [3.05, 3.63) is 138 Å². The average molecular weight is 438 g/mol. The van der Waals surface area contributed by atoms with Crippen molar-refractivity contribution >= 4 is 21.8 Å². The zero-order valence-electron chi connectivity index (χ0n) is 18.9. The number of aromatic nitrogens is 1. The summed E-state index contributed by atoms with van der Waals surface area (Å²) >= 11 is 0. The van der Waals surface area contributed by atoms with Gasteiger partial charge < -0.3 is 9.30 Å². The van der Waals surface area contributed by atoms with Gasteiger partial charge >= 0.3 is 0 Å². The van der Waals surface area contributed by atoms with Crippen LogP contribution in [0.25, 0.3) is 32.9 Å². The molecule has 6 aromatic rings. The first-order valence-corrected chi connectivity index (χ1v) is 11.7. The van der Waals surface area contributed by atoms with Crippen molar-refractivity contribution in [2.75, 3.05) is 7.11 Å². The quantitative estimate of drug-likeness (QED) is 0.277. The number of ether oxygens (including phenoxy) is 1. The van der Waals surface area contributed by atoms with E-state index in [1.165, 1.54) is 49.6 Å². The summed E-state index contributed by atoms with van der Waals surface area (Å²) in [6, 6.07) is 43.9. The van der Waals surface area contributed by atoms with E-state index in [0.29, 0.717) is 0 Å². The fourth-order valence-electron chi connectivity index (χ4n) is 6.01. The maximum atomic E-state index is 5.53. The molecule has 0 radical (unpaired) electrons. The van der Waals surface area contributed by atoms with E-state index in [1.807, 2.05) is 0 Å². The Morgan fingerprint density at radius 1 is 0.529 bits per heavy atom. The van der Waals surface area contributed by atoms with Crippen molar-refractivity contribution in [2.24, 2.45) is 0 Å². The van der Waals surface area contributed by atoms with Crippen LogP contribution in [0.2, 0.25) is 0 Å². The third-order valence-electron chi connectivity index (χ3n) is 7.35. The van der Waals surface area contributed by atoms with E-state index in [9.17, 15) is 0 Å². The standard InChI is InChI=1S/C32H23NO/c1-34-23-20-18-22(19-21-23)32(28-14-6-2-10-24(28)25-11-3-7-15-29(25)32)33-30-16-8-4-12-26(30)27-13-5-9-17-31(27)33/h2-21H,1H3. The molecule has 0 N–H and O–H groups in total. The van der Waals surface area contributed by atoms with Crippen LogP contribution in [0.15, 0.2) is 121 Å². The van der Waals surface area contributed by atoms with Crippen LogP contribution < -0.4 is 4.74 Å². The predicted octanol–water partition coefficient (Wildman–Crippen LogP) is 7.62. The molecule has 2 heteroatoms. The van der Waals surface area contributed by atoms with Crippen molar-refractivity contribution in [1.82, 2.24) is 4.57 Å².